The molecule has 0 radical (unpaired) electrons. The fourth-order valence-electron chi connectivity index (χ4n) is 8.21. The van der Waals surface area contributed by atoms with Crippen LogP contribution < -0.4 is 20.7 Å². The lowest BCUT2D eigenvalue weighted by Gasteiger charge is -2.45. The summed E-state index contributed by atoms with van der Waals surface area (Å²) in [5, 5.41) is 9.52. The molecule has 2 aliphatic rings. The van der Waals surface area contributed by atoms with Crippen LogP contribution in [0.1, 0.15) is 64.0 Å². The first-order valence-electron chi connectivity index (χ1n) is 18.4. The molecule has 3 aromatic carbocycles. The molecule has 6 rings (SSSR count). The van der Waals surface area contributed by atoms with E-state index in [2.05, 4.69) is 11.1 Å². The zero-order valence-electron chi connectivity index (χ0n) is 32.2. The predicted molar refractivity (Wildman–Crippen MR) is 206 cm³/mol. The van der Waals surface area contributed by atoms with Gasteiger partial charge in [-0.2, -0.15) is 5.26 Å². The molecule has 3 heterocycles. The largest absolute Gasteiger partial charge is 0.497 e. The Morgan fingerprint density at radius 2 is 1.47 bits per heavy atom. The average molecular weight is 773 g/mol. The molecule has 2 saturated heterocycles. The van der Waals surface area contributed by atoms with Crippen LogP contribution in [0.25, 0.3) is 0 Å². The zero-order valence-corrected chi connectivity index (χ0v) is 33.1. The van der Waals surface area contributed by atoms with E-state index in [0.29, 0.717) is 11.5 Å². The van der Waals surface area contributed by atoms with Gasteiger partial charge in [0.05, 0.1) is 46.0 Å². The summed E-state index contributed by atoms with van der Waals surface area (Å²) in [4.78, 5) is 27.8. The lowest BCUT2D eigenvalue weighted by molar-refractivity contribution is -0.228. The third-order valence-corrected chi connectivity index (χ3v) is 14.1. The smallest absolute Gasteiger partial charge is 0.330 e. The number of H-pyrrole nitrogens is 1. The number of fused-ring (bicyclic) bond motifs is 2. The number of ether oxygens (including phenoxy) is 5. The Kier molecular flexibility index (Phi) is 11.9. The normalized spacial score (nSPS) is 23.2. The van der Waals surface area contributed by atoms with E-state index in [1.54, 1.807) is 14.2 Å². The molecule has 0 saturated carbocycles. The van der Waals surface area contributed by atoms with Crippen LogP contribution in [0.15, 0.2) is 101 Å². The first-order valence-corrected chi connectivity index (χ1v) is 20.0. The van der Waals surface area contributed by atoms with Crippen LogP contribution in [0.2, 0.25) is 0 Å². The Bertz CT molecular complexity index is 2080. The topological polar surface area (TPSA) is 154 Å². The van der Waals surface area contributed by atoms with E-state index in [1.807, 2.05) is 118 Å². The van der Waals surface area contributed by atoms with Crippen molar-refractivity contribution < 1.29 is 32.8 Å². The molecule has 1 aromatic heterocycles. The highest BCUT2D eigenvalue weighted by Gasteiger charge is 2.73. The Morgan fingerprint density at radius 1 is 0.909 bits per heavy atom. The Labute approximate surface area is 321 Å². The van der Waals surface area contributed by atoms with Crippen molar-refractivity contribution in [2.45, 2.75) is 88.4 Å². The molecule has 55 heavy (non-hydrogen) atoms. The van der Waals surface area contributed by atoms with E-state index in [4.69, 9.17) is 28.2 Å². The average Bonchev–Trinajstić information content (AvgIpc) is 3.65. The van der Waals surface area contributed by atoms with Gasteiger partial charge in [0.1, 0.15) is 34.5 Å². The van der Waals surface area contributed by atoms with E-state index in [0.717, 1.165) is 16.7 Å². The number of hydrogen-bond acceptors (Lipinski definition) is 10. The summed E-state index contributed by atoms with van der Waals surface area (Å²) in [5.41, 5.74) is -2.73. The summed E-state index contributed by atoms with van der Waals surface area (Å²) in [7, 11) is -0.834. The second-order valence-corrected chi connectivity index (χ2v) is 16.7. The predicted octanol–water partition coefficient (Wildman–Crippen LogP) is 6.23. The fourth-order valence-corrected chi connectivity index (χ4v) is 11.9. The minimum absolute atomic E-state index is 0.00103. The highest BCUT2D eigenvalue weighted by Crippen LogP contribution is 2.69. The zero-order chi connectivity index (χ0) is 39.5. The molecule has 1 unspecified atom stereocenters. The molecule has 1 N–H and O–H groups in total. The van der Waals surface area contributed by atoms with Gasteiger partial charge in [-0.25, -0.2) is 9.46 Å². The van der Waals surface area contributed by atoms with Gasteiger partial charge in [-0.3, -0.25) is 18.9 Å². The van der Waals surface area contributed by atoms with E-state index in [-0.39, 0.29) is 31.7 Å². The van der Waals surface area contributed by atoms with Gasteiger partial charge in [-0.1, -0.05) is 54.6 Å². The van der Waals surface area contributed by atoms with Gasteiger partial charge in [-0.05, 0) is 75.6 Å². The summed E-state index contributed by atoms with van der Waals surface area (Å²) in [5.74, 6) is 1.32. The highest BCUT2D eigenvalue weighted by molar-refractivity contribution is 7.57. The third-order valence-electron chi connectivity index (χ3n) is 10.5. The number of nitrogens with zero attached hydrogens (tertiary/aromatic N) is 3. The van der Waals surface area contributed by atoms with E-state index in [1.165, 1.54) is 16.8 Å². The molecule has 4 aromatic rings. The van der Waals surface area contributed by atoms with Gasteiger partial charge < -0.3 is 28.2 Å². The highest BCUT2D eigenvalue weighted by atomic mass is 31.2. The van der Waals surface area contributed by atoms with Gasteiger partial charge in [0.25, 0.3) is 13.1 Å². The molecule has 0 aliphatic carbocycles. The molecule has 2 bridgehead atoms. The minimum atomic E-state index is -4.04. The maximum absolute atomic E-state index is 16.1. The van der Waals surface area contributed by atoms with Crippen LogP contribution >= 0.6 is 7.52 Å². The van der Waals surface area contributed by atoms with Crippen molar-refractivity contribution >= 4 is 7.52 Å². The van der Waals surface area contributed by atoms with Crippen molar-refractivity contribution in [2.24, 2.45) is 0 Å². The monoisotopic (exact) mass is 772 g/mol. The number of aromatic amines is 1. The molecule has 13 nitrogen and oxygen atoms in total. The molecule has 2 aliphatic heterocycles. The number of benzene rings is 3. The van der Waals surface area contributed by atoms with Crippen LogP contribution in [-0.2, 0) is 28.9 Å². The number of aromatic nitrogens is 2. The summed E-state index contributed by atoms with van der Waals surface area (Å²) in [6.45, 7) is 9.28. The van der Waals surface area contributed by atoms with Gasteiger partial charge in [0, 0.05) is 24.3 Å². The Balaban J connectivity index is 1.59. The van der Waals surface area contributed by atoms with E-state index < -0.39 is 54.1 Å². The quantitative estimate of drug-likeness (QED) is 0.0784. The second kappa shape index (κ2) is 16.3. The Morgan fingerprint density at radius 3 is 1.98 bits per heavy atom. The maximum Gasteiger partial charge on any atom is 0.330 e. The third kappa shape index (κ3) is 7.19. The van der Waals surface area contributed by atoms with Crippen LogP contribution in [0, 0.1) is 11.3 Å². The standard InChI is InChI=1S/C41H49N4O9P/c1-27(2)45(28(3)4)55(48,52-25-11-23-42)37-36-38(44-24-22-35(46)43-39(44)47)54-40(37,29(5)53-36)26-51-41(30-12-9-8-10-13-30,31-14-18-33(49-6)19-15-31)32-16-20-34(50-7)21-17-32/h8-10,12-22,24,27-29,36-38H,11,25-26H2,1-7H3,(H,43,46,47)/t29-,36+,37+,38-,40+,55?/m1/s1. The number of nitrogens with one attached hydrogen (secondary N) is 1. The van der Waals surface area contributed by atoms with Gasteiger partial charge >= 0.3 is 5.69 Å². The first-order chi connectivity index (χ1) is 26.4. The van der Waals surface area contributed by atoms with Crippen LogP contribution in [0.5, 0.6) is 11.5 Å². The van der Waals surface area contributed by atoms with Gasteiger partial charge in [0.15, 0.2) is 6.23 Å². The molecule has 14 heteroatoms. The lowest BCUT2D eigenvalue weighted by Crippen LogP contribution is -2.54. The van der Waals surface area contributed by atoms with E-state index in [9.17, 15) is 14.9 Å². The summed E-state index contributed by atoms with van der Waals surface area (Å²) in [6, 6.07) is 27.8. The maximum atomic E-state index is 16.1. The van der Waals surface area contributed by atoms with Crippen molar-refractivity contribution in [3.63, 3.8) is 0 Å². The van der Waals surface area contributed by atoms with Crippen molar-refractivity contribution in [1.29, 1.82) is 5.26 Å². The molecule has 0 spiro atoms. The Hall–Kier alpha value is -4.54. The molecule has 2 fully saturated rings. The van der Waals surface area contributed by atoms with Crippen molar-refractivity contribution in [3.05, 3.63) is 129 Å². The number of methoxy groups -OCH3 is 2. The number of nitriles is 1. The number of rotatable bonds is 16. The van der Waals surface area contributed by atoms with Crippen LogP contribution in [-0.4, -0.2) is 77.2 Å². The number of hydrogen-bond donors (Lipinski definition) is 1. The molecule has 0 amide bonds. The van der Waals surface area contributed by atoms with Gasteiger partial charge in [-0.15, -0.1) is 0 Å². The van der Waals surface area contributed by atoms with E-state index >= 15 is 4.57 Å². The molecule has 292 valence electrons. The molecule has 6 atom stereocenters. The SMILES string of the molecule is COc1ccc(C(OC[C@]23O[C@@H](n4ccc(=O)[nH]c4=O)[C@@H](O[C@@H]2C)[C@@H]3P(=O)(OCCC#N)N(C(C)C)C(C)C)(c2ccccc2)c2ccc(OC)cc2)cc1. The van der Waals surface area contributed by atoms with Crippen molar-refractivity contribution in [3.8, 4) is 17.6 Å². The summed E-state index contributed by atoms with van der Waals surface area (Å²) >= 11 is 0. The lowest BCUT2D eigenvalue weighted by atomic mass is 9.79. The van der Waals surface area contributed by atoms with Crippen LogP contribution in [0.4, 0.5) is 0 Å². The molecular formula is C41H49N4O9P. The minimum Gasteiger partial charge on any atom is -0.497 e. The van der Waals surface area contributed by atoms with Crippen molar-refractivity contribution in [1.82, 2.24) is 14.2 Å². The summed E-state index contributed by atoms with van der Waals surface area (Å²) in [6.07, 6.45) is -1.47. The van der Waals surface area contributed by atoms with Crippen LogP contribution in [0.3, 0.4) is 0 Å². The van der Waals surface area contributed by atoms with Crippen molar-refractivity contribution in [2.75, 3.05) is 27.4 Å². The second-order valence-electron chi connectivity index (χ2n) is 14.3. The fraction of sp³-hybridized carbons (Fsp3) is 0.439. The summed E-state index contributed by atoms with van der Waals surface area (Å²) < 4.78 is 57.8. The molecular weight excluding hydrogens is 723 g/mol. The van der Waals surface area contributed by atoms with Gasteiger partial charge in [0.2, 0.25) is 0 Å². The first kappa shape index (κ1) is 40.1.